The molecule has 0 atom stereocenters. The first-order valence-corrected chi connectivity index (χ1v) is 10.9. The van der Waals surface area contributed by atoms with Crippen molar-refractivity contribution in [2.75, 3.05) is 31.1 Å². The molecule has 0 amide bonds. The van der Waals surface area contributed by atoms with Crippen molar-refractivity contribution in [2.45, 2.75) is 39.0 Å². The molecule has 0 spiro atoms. The summed E-state index contributed by atoms with van der Waals surface area (Å²) >= 11 is 0. The van der Waals surface area contributed by atoms with Crippen LogP contribution in [0.1, 0.15) is 58.9 Å². The van der Waals surface area contributed by atoms with Crippen molar-refractivity contribution >= 4 is 17.0 Å². The lowest BCUT2D eigenvalue weighted by molar-refractivity contribution is 0.105. The largest absolute Gasteiger partial charge is 0.369 e. The molecule has 0 saturated carbocycles. The first-order valence-electron chi connectivity index (χ1n) is 10.9. The van der Waals surface area contributed by atoms with E-state index in [-0.39, 0.29) is 11.2 Å². The molecule has 1 aliphatic heterocycles. The van der Waals surface area contributed by atoms with Crippen LogP contribution in [0, 0.1) is 11.3 Å². The van der Waals surface area contributed by atoms with Crippen molar-refractivity contribution < 1.29 is 4.79 Å². The van der Waals surface area contributed by atoms with E-state index in [2.05, 4.69) is 49.2 Å². The minimum absolute atomic E-state index is 0.143. The summed E-state index contributed by atoms with van der Waals surface area (Å²) in [6, 6.07) is 12.4. The van der Waals surface area contributed by atoms with Crippen LogP contribution in [0.15, 0.2) is 35.9 Å². The van der Waals surface area contributed by atoms with Crippen LogP contribution in [0.3, 0.4) is 0 Å². The summed E-state index contributed by atoms with van der Waals surface area (Å²) in [5.74, 6) is 0.143. The molecule has 1 fully saturated rings. The molecular formula is C26H27N3O. The Labute approximate surface area is 178 Å². The highest BCUT2D eigenvalue weighted by molar-refractivity contribution is 6.33. The van der Waals surface area contributed by atoms with Gasteiger partial charge in [0.15, 0.2) is 5.78 Å². The number of carbonyl (C=O) groups excluding carboxylic acids is 1. The minimum atomic E-state index is -0.223. The lowest BCUT2D eigenvalue weighted by Crippen LogP contribution is -2.44. The quantitative estimate of drug-likeness (QED) is 0.832. The maximum atomic E-state index is 13.7. The van der Waals surface area contributed by atoms with Crippen LogP contribution in [0.4, 0.5) is 5.69 Å². The zero-order valence-corrected chi connectivity index (χ0v) is 17.9. The molecule has 2 aromatic carbocycles. The maximum absolute atomic E-state index is 13.7. The molecular weight excluding hydrogens is 370 g/mol. The second-order valence-corrected chi connectivity index (χ2v) is 9.09. The van der Waals surface area contributed by atoms with E-state index in [1.165, 1.54) is 16.8 Å². The van der Waals surface area contributed by atoms with Gasteiger partial charge in [0.25, 0.3) is 0 Å². The highest BCUT2D eigenvalue weighted by atomic mass is 16.1. The van der Waals surface area contributed by atoms with Gasteiger partial charge in [0, 0.05) is 48.4 Å². The highest BCUT2D eigenvalue weighted by Crippen LogP contribution is 2.51. The van der Waals surface area contributed by atoms with Gasteiger partial charge in [0.05, 0.1) is 11.6 Å². The van der Waals surface area contributed by atoms with Gasteiger partial charge in [-0.25, -0.2) is 0 Å². The number of fused-ring (bicyclic) bond motifs is 3. The van der Waals surface area contributed by atoms with E-state index < -0.39 is 0 Å². The number of ketones is 1. The van der Waals surface area contributed by atoms with E-state index >= 15 is 0 Å². The standard InChI is InChI=1S/C26H27N3O/c1-4-17-12-20-21(14-23(17)29-9-7-28-8-10-29)26(2,3)22-13-18-11-16(15-27)5-6-19(18)24(22)25(20)30/h5-6,11-12,14,28H,4,7-10,13H2,1-3H3. The van der Waals surface area contributed by atoms with Crippen molar-refractivity contribution in [1.82, 2.24) is 5.32 Å². The van der Waals surface area contributed by atoms with E-state index in [0.717, 1.165) is 66.8 Å². The number of nitriles is 1. The van der Waals surface area contributed by atoms with Crippen LogP contribution in [0.5, 0.6) is 0 Å². The molecule has 4 nitrogen and oxygen atoms in total. The summed E-state index contributed by atoms with van der Waals surface area (Å²) in [7, 11) is 0. The molecule has 0 unspecified atom stereocenters. The molecule has 2 aromatic rings. The Kier molecular flexibility index (Phi) is 4.34. The molecule has 5 rings (SSSR count). The number of nitrogens with one attached hydrogen (secondary N) is 1. The number of carbonyl (C=O) groups is 1. The predicted molar refractivity (Wildman–Crippen MR) is 120 cm³/mol. The minimum Gasteiger partial charge on any atom is -0.369 e. The predicted octanol–water partition coefficient (Wildman–Crippen LogP) is 4.01. The smallest absolute Gasteiger partial charge is 0.193 e. The van der Waals surface area contributed by atoms with Gasteiger partial charge in [0.2, 0.25) is 0 Å². The van der Waals surface area contributed by atoms with E-state index in [0.29, 0.717) is 5.56 Å². The second-order valence-electron chi connectivity index (χ2n) is 9.09. The van der Waals surface area contributed by atoms with E-state index in [1.807, 2.05) is 18.2 Å². The molecule has 4 heteroatoms. The Balaban J connectivity index is 1.66. The van der Waals surface area contributed by atoms with Crippen LogP contribution in [0.2, 0.25) is 0 Å². The first kappa shape index (κ1) is 19.1. The zero-order chi connectivity index (χ0) is 21.0. The van der Waals surface area contributed by atoms with Crippen molar-refractivity contribution in [3.8, 4) is 6.07 Å². The van der Waals surface area contributed by atoms with Crippen LogP contribution in [0.25, 0.3) is 5.57 Å². The van der Waals surface area contributed by atoms with Crippen molar-refractivity contribution in [2.24, 2.45) is 0 Å². The third-order valence-corrected chi connectivity index (χ3v) is 7.13. The molecule has 0 aromatic heterocycles. The average Bonchev–Trinajstić information content (AvgIpc) is 3.17. The topological polar surface area (TPSA) is 56.1 Å². The molecule has 0 bridgehead atoms. The Morgan fingerprint density at radius 1 is 1.13 bits per heavy atom. The zero-order valence-electron chi connectivity index (χ0n) is 17.9. The number of nitrogens with zero attached hydrogens (tertiary/aromatic N) is 2. The summed E-state index contributed by atoms with van der Waals surface area (Å²) in [4.78, 5) is 16.2. The van der Waals surface area contributed by atoms with Gasteiger partial charge < -0.3 is 10.2 Å². The Bertz CT molecular complexity index is 1140. The Hall–Kier alpha value is -2.90. The van der Waals surface area contributed by atoms with E-state index in [1.54, 1.807) is 0 Å². The van der Waals surface area contributed by atoms with Gasteiger partial charge in [-0.05, 0) is 64.9 Å². The fourth-order valence-corrected chi connectivity index (χ4v) is 5.41. The lowest BCUT2D eigenvalue weighted by atomic mass is 9.68. The van der Waals surface area contributed by atoms with Gasteiger partial charge in [-0.15, -0.1) is 0 Å². The molecule has 0 radical (unpaired) electrons. The van der Waals surface area contributed by atoms with E-state index in [9.17, 15) is 10.1 Å². The lowest BCUT2D eigenvalue weighted by Gasteiger charge is -2.37. The third-order valence-electron chi connectivity index (χ3n) is 7.13. The summed E-state index contributed by atoms with van der Waals surface area (Å²) in [6.45, 7) is 10.6. The fourth-order valence-electron chi connectivity index (χ4n) is 5.41. The normalized spacial score (nSPS) is 19.3. The number of hydrogen-bond acceptors (Lipinski definition) is 4. The third kappa shape index (κ3) is 2.66. The molecule has 1 saturated heterocycles. The maximum Gasteiger partial charge on any atom is 0.193 e. The van der Waals surface area contributed by atoms with Gasteiger partial charge in [-0.1, -0.05) is 26.8 Å². The Morgan fingerprint density at radius 2 is 1.90 bits per heavy atom. The van der Waals surface area contributed by atoms with Crippen LogP contribution < -0.4 is 10.2 Å². The van der Waals surface area contributed by atoms with Gasteiger partial charge in [0.1, 0.15) is 0 Å². The van der Waals surface area contributed by atoms with Gasteiger partial charge >= 0.3 is 0 Å². The molecule has 3 aliphatic rings. The number of piperazine rings is 1. The highest BCUT2D eigenvalue weighted by Gasteiger charge is 2.43. The van der Waals surface area contributed by atoms with E-state index in [4.69, 9.17) is 0 Å². The number of hydrogen-bond donors (Lipinski definition) is 1. The van der Waals surface area contributed by atoms with Crippen LogP contribution in [-0.4, -0.2) is 32.0 Å². The van der Waals surface area contributed by atoms with Crippen molar-refractivity contribution in [3.05, 3.63) is 69.3 Å². The molecule has 30 heavy (non-hydrogen) atoms. The number of rotatable bonds is 2. The molecule has 1 heterocycles. The first-order chi connectivity index (χ1) is 14.5. The van der Waals surface area contributed by atoms with Crippen molar-refractivity contribution in [1.29, 1.82) is 5.26 Å². The molecule has 1 N–H and O–H groups in total. The SMILES string of the molecule is CCc1cc2c(cc1N1CCNCC1)C(C)(C)C1=C(C2=O)c2ccc(C#N)cc2C1. The van der Waals surface area contributed by atoms with Crippen LogP contribution in [-0.2, 0) is 18.3 Å². The fraction of sp³-hybridized carbons (Fsp3) is 0.385. The number of Topliss-reactive ketones (excluding diaryl/α,β-unsaturated/α-hetero) is 1. The van der Waals surface area contributed by atoms with Crippen molar-refractivity contribution in [3.63, 3.8) is 0 Å². The number of aryl methyl sites for hydroxylation is 1. The number of allylic oxidation sites excluding steroid dienone is 2. The average molecular weight is 398 g/mol. The Morgan fingerprint density at radius 3 is 2.60 bits per heavy atom. The monoisotopic (exact) mass is 397 g/mol. The number of anilines is 1. The second kappa shape index (κ2) is 6.82. The molecule has 2 aliphatic carbocycles. The van der Waals surface area contributed by atoms with Gasteiger partial charge in [-0.2, -0.15) is 5.26 Å². The summed E-state index contributed by atoms with van der Waals surface area (Å²) < 4.78 is 0. The van der Waals surface area contributed by atoms with Crippen LogP contribution >= 0.6 is 0 Å². The van der Waals surface area contributed by atoms with Gasteiger partial charge in [-0.3, -0.25) is 4.79 Å². The summed E-state index contributed by atoms with van der Waals surface area (Å²) in [6.07, 6.45) is 1.66. The number of benzene rings is 2. The summed E-state index contributed by atoms with van der Waals surface area (Å²) in [5, 5.41) is 12.7. The summed E-state index contributed by atoms with van der Waals surface area (Å²) in [5.41, 5.74) is 9.14. The molecule has 152 valence electrons.